The number of benzene rings is 1. The molecule has 1 unspecified atom stereocenters. The standard InChI is InChI=1S/C17H23ClN2O2/c1-6-11-20(12(2)21)15(16(22)19-17(3,4)5)13-9-7-8-10-14(13)18/h6-10,15H,1,11H2,2-5H3,(H,19,22). The molecule has 0 fully saturated rings. The van der Waals surface area contributed by atoms with Gasteiger partial charge < -0.3 is 10.2 Å². The van der Waals surface area contributed by atoms with Crippen LogP contribution in [0.5, 0.6) is 0 Å². The summed E-state index contributed by atoms with van der Waals surface area (Å²) in [5.74, 6) is -0.480. The summed E-state index contributed by atoms with van der Waals surface area (Å²) < 4.78 is 0. The lowest BCUT2D eigenvalue weighted by Crippen LogP contribution is -2.49. The Labute approximate surface area is 137 Å². The summed E-state index contributed by atoms with van der Waals surface area (Å²) in [6, 6.07) is 6.26. The first-order chi connectivity index (χ1) is 10.2. The van der Waals surface area contributed by atoms with Crippen LogP contribution in [-0.4, -0.2) is 28.8 Å². The Balaban J connectivity index is 3.31. The molecule has 0 aliphatic heterocycles. The number of carbonyl (C=O) groups excluding carboxylic acids is 2. The van der Waals surface area contributed by atoms with Gasteiger partial charge in [-0.25, -0.2) is 0 Å². The Morgan fingerprint density at radius 1 is 1.36 bits per heavy atom. The Hall–Kier alpha value is -1.81. The number of halogens is 1. The van der Waals surface area contributed by atoms with E-state index in [1.165, 1.54) is 11.8 Å². The highest BCUT2D eigenvalue weighted by Gasteiger charge is 2.32. The summed E-state index contributed by atoms with van der Waals surface area (Å²) >= 11 is 6.24. The minimum Gasteiger partial charge on any atom is -0.349 e. The van der Waals surface area contributed by atoms with Crippen molar-refractivity contribution in [3.8, 4) is 0 Å². The van der Waals surface area contributed by atoms with Gasteiger partial charge in [0.2, 0.25) is 11.8 Å². The number of carbonyl (C=O) groups is 2. The van der Waals surface area contributed by atoms with Gasteiger partial charge in [-0.1, -0.05) is 35.9 Å². The zero-order valence-electron chi connectivity index (χ0n) is 13.5. The topological polar surface area (TPSA) is 49.4 Å². The van der Waals surface area contributed by atoms with E-state index in [0.717, 1.165) is 0 Å². The van der Waals surface area contributed by atoms with Crippen LogP contribution in [0.3, 0.4) is 0 Å². The molecule has 2 amide bonds. The van der Waals surface area contributed by atoms with Gasteiger partial charge in [-0.05, 0) is 26.8 Å². The summed E-state index contributed by atoms with van der Waals surface area (Å²) in [6.07, 6.45) is 1.59. The highest BCUT2D eigenvalue weighted by atomic mass is 35.5. The maximum Gasteiger partial charge on any atom is 0.247 e. The third-order valence-electron chi connectivity index (χ3n) is 2.99. The Bertz CT molecular complexity index is 564. The van der Waals surface area contributed by atoms with Crippen molar-refractivity contribution in [3.05, 3.63) is 47.5 Å². The lowest BCUT2D eigenvalue weighted by atomic mass is 10.0. The van der Waals surface area contributed by atoms with Crippen LogP contribution in [0.1, 0.15) is 39.3 Å². The van der Waals surface area contributed by atoms with Crippen LogP contribution in [0, 0.1) is 0 Å². The van der Waals surface area contributed by atoms with Crippen molar-refractivity contribution in [2.24, 2.45) is 0 Å². The predicted molar refractivity (Wildman–Crippen MR) is 89.7 cm³/mol. The molecule has 0 heterocycles. The second-order valence-corrected chi connectivity index (χ2v) is 6.53. The molecule has 0 aliphatic carbocycles. The van der Waals surface area contributed by atoms with E-state index in [-0.39, 0.29) is 18.4 Å². The molecule has 1 aromatic carbocycles. The van der Waals surface area contributed by atoms with E-state index >= 15 is 0 Å². The first-order valence-corrected chi connectivity index (χ1v) is 7.49. The van der Waals surface area contributed by atoms with Crippen molar-refractivity contribution in [1.82, 2.24) is 10.2 Å². The number of rotatable bonds is 5. The van der Waals surface area contributed by atoms with E-state index in [9.17, 15) is 9.59 Å². The lowest BCUT2D eigenvalue weighted by molar-refractivity contribution is -0.139. The molecule has 0 radical (unpaired) electrons. The van der Waals surface area contributed by atoms with Gasteiger partial charge in [0.1, 0.15) is 6.04 Å². The summed E-state index contributed by atoms with van der Waals surface area (Å²) in [5, 5.41) is 3.36. The van der Waals surface area contributed by atoms with Gasteiger partial charge >= 0.3 is 0 Å². The van der Waals surface area contributed by atoms with Crippen molar-refractivity contribution in [1.29, 1.82) is 0 Å². The van der Waals surface area contributed by atoms with Gasteiger partial charge in [-0.3, -0.25) is 9.59 Å². The second-order valence-electron chi connectivity index (χ2n) is 6.12. The quantitative estimate of drug-likeness (QED) is 0.845. The van der Waals surface area contributed by atoms with E-state index in [4.69, 9.17) is 11.6 Å². The molecule has 1 aromatic rings. The fourth-order valence-corrected chi connectivity index (χ4v) is 2.38. The van der Waals surface area contributed by atoms with Crippen LogP contribution in [0.25, 0.3) is 0 Å². The minimum atomic E-state index is -0.788. The van der Waals surface area contributed by atoms with E-state index < -0.39 is 11.6 Å². The van der Waals surface area contributed by atoms with Crippen molar-refractivity contribution < 1.29 is 9.59 Å². The number of nitrogens with zero attached hydrogens (tertiary/aromatic N) is 1. The molecule has 1 rings (SSSR count). The van der Waals surface area contributed by atoms with Gasteiger partial charge in [0.15, 0.2) is 0 Å². The molecule has 0 aliphatic rings. The zero-order chi connectivity index (χ0) is 16.9. The van der Waals surface area contributed by atoms with Gasteiger partial charge in [-0.2, -0.15) is 0 Å². The molecule has 1 N–H and O–H groups in total. The van der Waals surface area contributed by atoms with Crippen molar-refractivity contribution >= 4 is 23.4 Å². The molecule has 0 saturated carbocycles. The number of nitrogens with one attached hydrogen (secondary N) is 1. The zero-order valence-corrected chi connectivity index (χ0v) is 14.3. The Morgan fingerprint density at radius 3 is 2.41 bits per heavy atom. The van der Waals surface area contributed by atoms with Crippen LogP contribution in [0.15, 0.2) is 36.9 Å². The molecule has 120 valence electrons. The summed E-state index contributed by atoms with van der Waals surface area (Å²) in [5.41, 5.74) is 0.190. The second kappa shape index (κ2) is 7.45. The van der Waals surface area contributed by atoms with E-state index in [0.29, 0.717) is 10.6 Å². The fraction of sp³-hybridized carbons (Fsp3) is 0.412. The summed E-state index contributed by atoms with van der Waals surface area (Å²) in [4.78, 5) is 26.2. The van der Waals surface area contributed by atoms with E-state index in [1.807, 2.05) is 20.8 Å². The summed E-state index contributed by atoms with van der Waals surface area (Å²) in [7, 11) is 0. The van der Waals surface area contributed by atoms with Crippen LogP contribution in [0.4, 0.5) is 0 Å². The molecule has 0 saturated heterocycles. The van der Waals surface area contributed by atoms with Crippen molar-refractivity contribution in [2.75, 3.05) is 6.54 Å². The number of hydrogen-bond acceptors (Lipinski definition) is 2. The average Bonchev–Trinajstić information content (AvgIpc) is 2.38. The molecule has 5 heteroatoms. The number of hydrogen-bond donors (Lipinski definition) is 1. The van der Waals surface area contributed by atoms with Gasteiger partial charge in [0.25, 0.3) is 0 Å². The van der Waals surface area contributed by atoms with E-state index in [2.05, 4.69) is 11.9 Å². The van der Waals surface area contributed by atoms with Crippen molar-refractivity contribution in [2.45, 2.75) is 39.3 Å². The first kappa shape index (κ1) is 18.2. The molecular weight excluding hydrogens is 300 g/mol. The smallest absolute Gasteiger partial charge is 0.247 e. The van der Waals surface area contributed by atoms with Crippen molar-refractivity contribution in [3.63, 3.8) is 0 Å². The Morgan fingerprint density at radius 2 is 1.95 bits per heavy atom. The largest absolute Gasteiger partial charge is 0.349 e. The predicted octanol–water partition coefficient (Wildman–Crippen LogP) is 3.33. The SMILES string of the molecule is C=CCN(C(C)=O)C(C(=O)NC(C)(C)C)c1ccccc1Cl. The highest BCUT2D eigenvalue weighted by molar-refractivity contribution is 6.31. The van der Waals surface area contributed by atoms with Gasteiger partial charge in [0, 0.05) is 29.6 Å². The fourth-order valence-electron chi connectivity index (χ4n) is 2.14. The molecule has 1 atom stereocenters. The normalized spacial score (nSPS) is 12.4. The maximum absolute atomic E-state index is 12.7. The molecular formula is C17H23ClN2O2. The molecule has 0 bridgehead atoms. The average molecular weight is 323 g/mol. The van der Waals surface area contributed by atoms with Crippen LogP contribution >= 0.6 is 11.6 Å². The van der Waals surface area contributed by atoms with Crippen LogP contribution < -0.4 is 5.32 Å². The molecule has 0 aromatic heterocycles. The molecule has 22 heavy (non-hydrogen) atoms. The lowest BCUT2D eigenvalue weighted by Gasteiger charge is -2.32. The van der Waals surface area contributed by atoms with E-state index in [1.54, 1.807) is 30.3 Å². The van der Waals surface area contributed by atoms with Crippen LogP contribution in [0.2, 0.25) is 5.02 Å². The maximum atomic E-state index is 12.7. The third kappa shape index (κ3) is 4.88. The monoisotopic (exact) mass is 322 g/mol. The van der Waals surface area contributed by atoms with Gasteiger partial charge in [0.05, 0.1) is 0 Å². The molecule has 0 spiro atoms. The van der Waals surface area contributed by atoms with Gasteiger partial charge in [-0.15, -0.1) is 6.58 Å². The molecule has 4 nitrogen and oxygen atoms in total. The minimum absolute atomic E-state index is 0.214. The first-order valence-electron chi connectivity index (χ1n) is 7.12. The number of amides is 2. The third-order valence-corrected chi connectivity index (χ3v) is 3.33. The highest BCUT2D eigenvalue weighted by Crippen LogP contribution is 2.28. The summed E-state index contributed by atoms with van der Waals surface area (Å²) in [6.45, 7) is 11.0. The van der Waals surface area contributed by atoms with Crippen LogP contribution in [-0.2, 0) is 9.59 Å². The Kier molecular flexibility index (Phi) is 6.18.